The quantitative estimate of drug-likeness (QED) is 0.452. The monoisotopic (exact) mass is 479 g/mol. The zero-order valence-corrected chi connectivity index (χ0v) is 17.1. The summed E-state index contributed by atoms with van der Waals surface area (Å²) >= 11 is 0. The summed E-state index contributed by atoms with van der Waals surface area (Å²) in [5.41, 5.74) is -0.970. The molecule has 0 spiro atoms. The molecule has 1 amide bonds. The molecule has 14 heteroatoms. The van der Waals surface area contributed by atoms with Gasteiger partial charge in [-0.2, -0.15) is 18.3 Å². The molecule has 0 atom stereocenters. The van der Waals surface area contributed by atoms with Crippen LogP contribution in [0.3, 0.4) is 0 Å². The molecule has 0 unspecified atom stereocenters. The molecule has 1 N–H and O–H groups in total. The molecule has 1 aromatic carbocycles. The molecule has 34 heavy (non-hydrogen) atoms. The fourth-order valence-electron chi connectivity index (χ4n) is 3.69. The number of pyridine rings is 1. The summed E-state index contributed by atoms with van der Waals surface area (Å²) in [6.07, 6.45) is -1.74. The highest BCUT2D eigenvalue weighted by Gasteiger charge is 2.45. The van der Waals surface area contributed by atoms with Crippen LogP contribution in [0.5, 0.6) is 0 Å². The fraction of sp³-hybridized carbons (Fsp3) is 0.250. The Morgan fingerprint density at radius 1 is 1.12 bits per heavy atom. The SMILES string of the molecule is O=C(Cn1nc(N2CC(F)(F)C2)c2cc(C(F)(F)F)ccc2c1=O)Nc1ccc2nncn2c1. The molecule has 9 nitrogen and oxygen atoms in total. The van der Waals surface area contributed by atoms with Crippen molar-refractivity contribution >= 4 is 33.8 Å². The molecule has 0 saturated carbocycles. The second-order valence-electron chi connectivity index (χ2n) is 7.82. The lowest BCUT2D eigenvalue weighted by atomic mass is 10.1. The first-order valence-corrected chi connectivity index (χ1v) is 9.84. The Kier molecular flexibility index (Phi) is 4.77. The number of rotatable bonds is 4. The van der Waals surface area contributed by atoms with Crippen molar-refractivity contribution in [2.24, 2.45) is 0 Å². The average molecular weight is 479 g/mol. The van der Waals surface area contributed by atoms with Crippen LogP contribution < -0.4 is 15.8 Å². The maximum Gasteiger partial charge on any atom is 0.416 e. The number of hydrogen-bond donors (Lipinski definition) is 1. The second-order valence-corrected chi connectivity index (χ2v) is 7.82. The van der Waals surface area contributed by atoms with Gasteiger partial charge in [0.05, 0.1) is 29.7 Å². The molecular weight excluding hydrogens is 465 g/mol. The van der Waals surface area contributed by atoms with E-state index in [1.54, 1.807) is 16.5 Å². The Labute approximate surface area is 186 Å². The van der Waals surface area contributed by atoms with Crippen LogP contribution in [0.2, 0.25) is 0 Å². The van der Waals surface area contributed by atoms with Gasteiger partial charge < -0.3 is 10.2 Å². The van der Waals surface area contributed by atoms with Crippen molar-refractivity contribution in [1.29, 1.82) is 0 Å². The number of nitrogens with one attached hydrogen (secondary N) is 1. The summed E-state index contributed by atoms with van der Waals surface area (Å²) in [6.45, 7) is -2.13. The lowest BCUT2D eigenvalue weighted by molar-refractivity contribution is -0.137. The fourth-order valence-corrected chi connectivity index (χ4v) is 3.69. The van der Waals surface area contributed by atoms with E-state index in [0.29, 0.717) is 17.4 Å². The zero-order valence-electron chi connectivity index (χ0n) is 17.1. The van der Waals surface area contributed by atoms with Gasteiger partial charge in [-0.3, -0.25) is 14.0 Å². The first-order chi connectivity index (χ1) is 16.0. The van der Waals surface area contributed by atoms with Gasteiger partial charge in [0, 0.05) is 11.6 Å². The minimum absolute atomic E-state index is 0.174. The highest BCUT2D eigenvalue weighted by atomic mass is 19.4. The van der Waals surface area contributed by atoms with E-state index in [0.717, 1.165) is 21.7 Å². The van der Waals surface area contributed by atoms with E-state index in [1.165, 1.54) is 12.5 Å². The largest absolute Gasteiger partial charge is 0.416 e. The molecule has 4 aromatic rings. The second kappa shape index (κ2) is 7.46. The molecule has 0 bridgehead atoms. The number of aromatic nitrogens is 5. The van der Waals surface area contributed by atoms with Gasteiger partial charge in [-0.05, 0) is 30.3 Å². The van der Waals surface area contributed by atoms with Crippen molar-refractivity contribution in [3.8, 4) is 0 Å². The molecule has 1 aliphatic heterocycles. The van der Waals surface area contributed by atoms with Gasteiger partial charge >= 0.3 is 6.18 Å². The first-order valence-electron chi connectivity index (χ1n) is 9.84. The van der Waals surface area contributed by atoms with E-state index in [1.807, 2.05) is 0 Å². The highest BCUT2D eigenvalue weighted by molar-refractivity contribution is 5.93. The van der Waals surface area contributed by atoms with Crippen LogP contribution in [-0.2, 0) is 17.5 Å². The van der Waals surface area contributed by atoms with E-state index in [2.05, 4.69) is 20.6 Å². The van der Waals surface area contributed by atoms with E-state index >= 15 is 0 Å². The molecule has 5 rings (SSSR count). The predicted molar refractivity (Wildman–Crippen MR) is 110 cm³/mol. The third-order valence-electron chi connectivity index (χ3n) is 5.28. The summed E-state index contributed by atoms with van der Waals surface area (Å²) in [5, 5.41) is 13.7. The molecule has 1 aliphatic rings. The summed E-state index contributed by atoms with van der Waals surface area (Å²) in [6, 6.07) is 5.54. The molecule has 0 radical (unpaired) electrons. The topological polar surface area (TPSA) is 97.4 Å². The number of nitrogens with zero attached hydrogens (tertiary/aromatic N) is 6. The number of fused-ring (bicyclic) bond motifs is 2. The number of halogens is 5. The van der Waals surface area contributed by atoms with Crippen molar-refractivity contribution in [3.63, 3.8) is 0 Å². The van der Waals surface area contributed by atoms with Gasteiger partial charge in [-0.15, -0.1) is 10.2 Å². The Morgan fingerprint density at radius 3 is 2.59 bits per heavy atom. The highest BCUT2D eigenvalue weighted by Crippen LogP contribution is 2.36. The van der Waals surface area contributed by atoms with Crippen LogP contribution in [0, 0.1) is 0 Å². The molecule has 1 fully saturated rings. The first kappa shape index (κ1) is 21.7. The molecule has 0 aliphatic carbocycles. The zero-order chi connectivity index (χ0) is 24.3. The smallest absolute Gasteiger partial charge is 0.342 e. The maximum absolute atomic E-state index is 13.5. The minimum atomic E-state index is -4.70. The van der Waals surface area contributed by atoms with Crippen molar-refractivity contribution in [2.75, 3.05) is 23.3 Å². The summed E-state index contributed by atoms with van der Waals surface area (Å²) in [4.78, 5) is 26.5. The summed E-state index contributed by atoms with van der Waals surface area (Å²) in [5.74, 6) is -3.92. The molecule has 176 valence electrons. The number of hydrogen-bond acceptors (Lipinski definition) is 6. The predicted octanol–water partition coefficient (Wildman–Crippen LogP) is 2.55. The van der Waals surface area contributed by atoms with Crippen molar-refractivity contribution < 1.29 is 26.7 Å². The number of benzene rings is 1. The molecular formula is C20H14F5N7O2. The standard InChI is InChI=1S/C20H14F5N7O2/c21-19(22)8-31(9-19)17-14-5-11(20(23,24)25)1-3-13(14)18(34)32(29-17)7-16(33)27-12-2-4-15-28-26-10-30(15)6-12/h1-6,10H,7-9H2,(H,27,33). The van der Waals surface area contributed by atoms with E-state index in [4.69, 9.17) is 0 Å². The Balaban J connectivity index is 1.50. The third kappa shape index (κ3) is 3.91. The van der Waals surface area contributed by atoms with E-state index < -0.39 is 48.8 Å². The average Bonchev–Trinajstić information content (AvgIpc) is 3.21. The number of carbonyl (C=O) groups excluding carboxylic acids is 1. The van der Waals surface area contributed by atoms with Crippen molar-refractivity contribution in [1.82, 2.24) is 24.4 Å². The van der Waals surface area contributed by atoms with Gasteiger partial charge in [-0.1, -0.05) is 0 Å². The normalized spacial score (nSPS) is 15.5. The number of carbonyl (C=O) groups is 1. The number of anilines is 2. The Morgan fingerprint density at radius 2 is 1.88 bits per heavy atom. The van der Waals surface area contributed by atoms with Gasteiger partial charge in [0.2, 0.25) is 5.91 Å². The Bertz CT molecular complexity index is 1490. The van der Waals surface area contributed by atoms with Crippen LogP contribution in [-0.4, -0.2) is 49.3 Å². The molecule has 4 heterocycles. The van der Waals surface area contributed by atoms with Crippen LogP contribution in [0.25, 0.3) is 16.4 Å². The molecule has 3 aromatic heterocycles. The minimum Gasteiger partial charge on any atom is -0.342 e. The van der Waals surface area contributed by atoms with Crippen LogP contribution in [0.15, 0.2) is 47.7 Å². The van der Waals surface area contributed by atoms with Crippen molar-refractivity contribution in [3.05, 3.63) is 58.8 Å². The van der Waals surface area contributed by atoms with E-state index in [9.17, 15) is 31.5 Å². The summed E-state index contributed by atoms with van der Waals surface area (Å²) < 4.78 is 68.8. The number of amides is 1. The Hall–Kier alpha value is -4.10. The van der Waals surface area contributed by atoms with E-state index in [-0.39, 0.29) is 16.6 Å². The van der Waals surface area contributed by atoms with Gasteiger partial charge in [0.1, 0.15) is 12.9 Å². The summed E-state index contributed by atoms with van der Waals surface area (Å²) in [7, 11) is 0. The van der Waals surface area contributed by atoms with Gasteiger partial charge in [-0.25, -0.2) is 13.5 Å². The van der Waals surface area contributed by atoms with Gasteiger partial charge in [0.15, 0.2) is 11.5 Å². The van der Waals surface area contributed by atoms with Crippen LogP contribution in [0.4, 0.5) is 33.5 Å². The maximum atomic E-state index is 13.5. The van der Waals surface area contributed by atoms with Gasteiger partial charge in [0.25, 0.3) is 11.5 Å². The lowest BCUT2D eigenvalue weighted by Gasteiger charge is -2.40. The molecule has 1 saturated heterocycles. The third-order valence-corrected chi connectivity index (χ3v) is 5.28. The van der Waals surface area contributed by atoms with Crippen molar-refractivity contribution in [2.45, 2.75) is 18.6 Å². The lowest BCUT2D eigenvalue weighted by Crippen LogP contribution is -2.57. The number of alkyl halides is 5. The van der Waals surface area contributed by atoms with Crippen LogP contribution >= 0.6 is 0 Å². The van der Waals surface area contributed by atoms with Crippen LogP contribution in [0.1, 0.15) is 5.56 Å².